The van der Waals surface area contributed by atoms with Crippen molar-refractivity contribution in [3.05, 3.63) is 46.1 Å². The first-order chi connectivity index (χ1) is 17.4. The largest absolute Gasteiger partial charge is 0.452 e. The molecule has 8 heteroatoms. The minimum absolute atomic E-state index is 0.266. The Balaban J connectivity index is 1.63. The fourth-order valence-corrected chi connectivity index (χ4v) is 7.16. The van der Waals surface area contributed by atoms with Crippen molar-refractivity contribution in [2.45, 2.75) is 78.2 Å². The first-order valence-electron chi connectivity index (χ1n) is 13.7. The van der Waals surface area contributed by atoms with E-state index in [9.17, 15) is 13.0 Å². The van der Waals surface area contributed by atoms with Crippen molar-refractivity contribution in [2.24, 2.45) is 10.9 Å². The van der Waals surface area contributed by atoms with E-state index in [1.165, 1.54) is 10.9 Å². The van der Waals surface area contributed by atoms with Crippen molar-refractivity contribution in [1.82, 2.24) is 4.58 Å². The molecule has 7 nitrogen and oxygen atoms in total. The summed E-state index contributed by atoms with van der Waals surface area (Å²) in [6.07, 6.45) is 4.97. The quantitative estimate of drug-likeness (QED) is 0.360. The highest BCUT2D eigenvalue weighted by Crippen LogP contribution is 2.49. The summed E-state index contributed by atoms with van der Waals surface area (Å²) in [5.41, 5.74) is 3.66. The number of aryl methyl sites for hydroxylation is 1. The van der Waals surface area contributed by atoms with E-state index in [0.29, 0.717) is 18.1 Å². The maximum absolute atomic E-state index is 12.0. The third-order valence-corrected chi connectivity index (χ3v) is 8.93. The van der Waals surface area contributed by atoms with Crippen molar-refractivity contribution in [1.29, 1.82) is 0 Å². The highest BCUT2D eigenvalue weighted by molar-refractivity contribution is 7.85. The van der Waals surface area contributed by atoms with E-state index >= 15 is 0 Å². The molecule has 1 unspecified atom stereocenters. The van der Waals surface area contributed by atoms with Crippen molar-refractivity contribution < 1.29 is 17.7 Å². The van der Waals surface area contributed by atoms with Gasteiger partial charge >= 0.3 is 0 Å². The van der Waals surface area contributed by atoms with Crippen LogP contribution in [0.4, 0.5) is 11.4 Å². The third-order valence-electron chi connectivity index (χ3n) is 8.11. The summed E-state index contributed by atoms with van der Waals surface area (Å²) in [4.78, 5) is 7.38. The van der Waals surface area contributed by atoms with Gasteiger partial charge in [0.2, 0.25) is 5.36 Å². The van der Waals surface area contributed by atoms with Crippen LogP contribution in [-0.4, -0.2) is 43.9 Å². The topological polar surface area (TPSA) is 82.2 Å². The normalized spacial score (nSPS) is 19.9. The summed E-state index contributed by atoms with van der Waals surface area (Å²) >= 11 is 0. The lowest BCUT2D eigenvalue weighted by atomic mass is 9.79. The first kappa shape index (κ1) is 26.2. The van der Waals surface area contributed by atoms with Crippen LogP contribution in [0.25, 0.3) is 0 Å². The van der Waals surface area contributed by atoms with Crippen LogP contribution in [-0.2, 0) is 16.5 Å². The van der Waals surface area contributed by atoms with Crippen LogP contribution in [0.15, 0.2) is 29.3 Å². The highest BCUT2D eigenvalue weighted by atomic mass is 32.2. The molecule has 0 amide bonds. The average molecular weight is 527 g/mol. The minimum atomic E-state index is -4.14. The zero-order valence-electron chi connectivity index (χ0n) is 22.7. The molecular formula is C29H40N3O4S+. The number of anilines is 1. The zero-order valence-corrected chi connectivity index (χ0v) is 23.6. The average Bonchev–Trinajstić information content (AvgIpc) is 2.80. The van der Waals surface area contributed by atoms with Crippen LogP contribution in [0.3, 0.4) is 0 Å². The molecule has 1 N–H and O–H groups in total. The Morgan fingerprint density at radius 1 is 1.22 bits per heavy atom. The van der Waals surface area contributed by atoms with Crippen LogP contribution < -0.4 is 24.9 Å². The maximum atomic E-state index is 12.0. The Labute approximate surface area is 220 Å². The molecule has 37 heavy (non-hydrogen) atoms. The van der Waals surface area contributed by atoms with E-state index < -0.39 is 10.1 Å². The van der Waals surface area contributed by atoms with Gasteiger partial charge in [0.25, 0.3) is 10.1 Å². The maximum Gasteiger partial charge on any atom is 0.265 e. The van der Waals surface area contributed by atoms with Gasteiger partial charge in [-0.15, -0.1) is 0 Å². The monoisotopic (exact) mass is 526 g/mol. The smallest absolute Gasteiger partial charge is 0.265 e. The van der Waals surface area contributed by atoms with Gasteiger partial charge in [-0.05, 0) is 70.1 Å². The van der Waals surface area contributed by atoms with Gasteiger partial charge in [-0.3, -0.25) is 4.55 Å². The molecule has 5 rings (SSSR count). The Morgan fingerprint density at radius 2 is 2.00 bits per heavy atom. The molecular weight excluding hydrogens is 486 g/mol. The number of nitrogens with zero attached hydrogens (tertiary/aromatic N) is 3. The van der Waals surface area contributed by atoms with Crippen molar-refractivity contribution >= 4 is 21.5 Å². The number of hydrogen-bond donors (Lipinski definition) is 1. The molecule has 0 spiro atoms. The summed E-state index contributed by atoms with van der Waals surface area (Å²) in [5.74, 6) is 1.48. The molecule has 3 aliphatic rings. The molecule has 3 heterocycles. The van der Waals surface area contributed by atoms with Gasteiger partial charge in [-0.2, -0.15) is 8.42 Å². The summed E-state index contributed by atoms with van der Waals surface area (Å²) in [6.45, 7) is 13.9. The minimum Gasteiger partial charge on any atom is -0.452 e. The van der Waals surface area contributed by atoms with Crippen LogP contribution in [0, 0.1) is 5.92 Å². The van der Waals surface area contributed by atoms with Gasteiger partial charge in [-0.1, -0.05) is 13.8 Å². The first-order valence-corrected chi connectivity index (χ1v) is 15.3. The van der Waals surface area contributed by atoms with Crippen LogP contribution in [0.2, 0.25) is 0 Å². The summed E-state index contributed by atoms with van der Waals surface area (Å²) in [7, 11) is -4.14. The summed E-state index contributed by atoms with van der Waals surface area (Å²) in [6, 6.07) is 8.31. The molecule has 0 aromatic heterocycles. The SMILES string of the molecule is CC[N+]1=c2cc3c(cc2CCC1)=Nc1cc2c(cc1O3)N(CCCC(C)C)C(C)(C)CC2CS(=O)(=O)O. The van der Waals surface area contributed by atoms with Gasteiger partial charge in [0, 0.05) is 41.7 Å². The second-order valence-corrected chi connectivity index (χ2v) is 13.4. The Hall–Kier alpha value is -2.45. The summed E-state index contributed by atoms with van der Waals surface area (Å²) in [5, 5.41) is 2.05. The number of ether oxygens (including phenoxy) is 1. The molecule has 1 atom stereocenters. The van der Waals surface area contributed by atoms with Gasteiger partial charge in [-0.25, -0.2) is 9.57 Å². The lowest BCUT2D eigenvalue weighted by molar-refractivity contribution is 0.364. The Bertz CT molecular complexity index is 1450. The second kappa shape index (κ2) is 9.70. The lowest BCUT2D eigenvalue weighted by Gasteiger charge is -2.48. The number of fused-ring (bicyclic) bond motifs is 4. The standard InChI is InChI=1S/C29H39N3O4S/c1-6-31-11-8-10-20-13-23-27(15-25(20)31)36-28-16-26-22(14-24(28)30-23)21(18-37(33,34)35)17-29(4,5)32(26)12-7-9-19(2)3/h13-16,19,21H,6-12,17-18H2,1-5H3/p+1. The van der Waals surface area contributed by atoms with Crippen LogP contribution in [0.5, 0.6) is 11.5 Å². The fraction of sp³-hybridized carbons (Fsp3) is 0.586. The lowest BCUT2D eigenvalue weighted by Crippen LogP contribution is -2.50. The van der Waals surface area contributed by atoms with Crippen LogP contribution >= 0.6 is 0 Å². The summed E-state index contributed by atoms with van der Waals surface area (Å²) < 4.78 is 42.6. The van der Waals surface area contributed by atoms with E-state index in [-0.39, 0.29) is 17.2 Å². The van der Waals surface area contributed by atoms with Gasteiger partial charge < -0.3 is 9.64 Å². The van der Waals surface area contributed by atoms with Crippen molar-refractivity contribution in [3.63, 3.8) is 0 Å². The third kappa shape index (κ3) is 5.28. The van der Waals surface area contributed by atoms with Crippen molar-refractivity contribution in [2.75, 3.05) is 30.3 Å². The molecule has 0 saturated carbocycles. The predicted molar refractivity (Wildman–Crippen MR) is 148 cm³/mol. The molecule has 2 aromatic carbocycles. The molecule has 0 radical (unpaired) electrons. The van der Waals surface area contributed by atoms with Gasteiger partial charge in [0.05, 0.1) is 11.8 Å². The van der Waals surface area contributed by atoms with Crippen molar-refractivity contribution in [3.8, 4) is 11.5 Å². The molecule has 200 valence electrons. The van der Waals surface area contributed by atoms with Gasteiger partial charge in [0.15, 0.2) is 11.5 Å². The second-order valence-electron chi connectivity index (χ2n) is 11.9. The molecule has 0 aliphatic carbocycles. The molecule has 0 saturated heterocycles. The number of hydrogen-bond acceptors (Lipinski definition) is 5. The molecule has 3 aliphatic heterocycles. The highest BCUT2D eigenvalue weighted by Gasteiger charge is 2.40. The van der Waals surface area contributed by atoms with E-state index in [2.05, 4.69) is 56.2 Å². The molecule has 0 bridgehead atoms. The number of benzene rings is 2. The van der Waals surface area contributed by atoms with Crippen LogP contribution in [0.1, 0.15) is 77.3 Å². The Kier molecular flexibility index (Phi) is 6.86. The van der Waals surface area contributed by atoms with Gasteiger partial charge in [0.1, 0.15) is 24.1 Å². The Morgan fingerprint density at radius 3 is 2.70 bits per heavy atom. The van der Waals surface area contributed by atoms with E-state index in [1.807, 2.05) is 12.1 Å². The van der Waals surface area contributed by atoms with E-state index in [1.54, 1.807) is 0 Å². The van der Waals surface area contributed by atoms with E-state index in [4.69, 9.17) is 9.73 Å². The fourth-order valence-electron chi connectivity index (χ4n) is 6.36. The predicted octanol–water partition coefficient (Wildman–Crippen LogP) is 4.60. The zero-order chi connectivity index (χ0) is 26.5. The number of rotatable bonds is 7. The molecule has 0 fully saturated rings. The molecule has 2 aromatic rings. The van der Waals surface area contributed by atoms with E-state index in [0.717, 1.165) is 73.4 Å².